The van der Waals surface area contributed by atoms with Crippen molar-refractivity contribution in [3.63, 3.8) is 0 Å². The summed E-state index contributed by atoms with van der Waals surface area (Å²) in [6.07, 6.45) is 1.64. The summed E-state index contributed by atoms with van der Waals surface area (Å²) in [5, 5.41) is 17.8. The van der Waals surface area contributed by atoms with Crippen molar-refractivity contribution in [1.82, 2.24) is 19.9 Å². The number of thiazole rings is 1. The summed E-state index contributed by atoms with van der Waals surface area (Å²) in [5.74, 6) is -0.742. The molecule has 3 fully saturated rings. The number of hydrogen-bond acceptors (Lipinski definition) is 6. The Morgan fingerprint density at radius 3 is 2.79 bits per heavy atom. The van der Waals surface area contributed by atoms with Gasteiger partial charge in [-0.15, -0.1) is 11.3 Å². The van der Waals surface area contributed by atoms with E-state index in [-0.39, 0.29) is 34.6 Å². The highest BCUT2D eigenvalue weighted by atomic mass is 35.5. The molecule has 1 aliphatic carbocycles. The van der Waals surface area contributed by atoms with E-state index in [1.165, 1.54) is 11.3 Å². The minimum atomic E-state index is -0.557. The number of rotatable bonds is 7. The molecule has 4 atom stereocenters. The van der Waals surface area contributed by atoms with Crippen LogP contribution in [-0.2, 0) is 6.42 Å². The van der Waals surface area contributed by atoms with E-state index in [4.69, 9.17) is 33.9 Å². The lowest BCUT2D eigenvalue weighted by atomic mass is 9.79. The zero-order valence-corrected chi connectivity index (χ0v) is 25.7. The highest BCUT2D eigenvalue weighted by molar-refractivity contribution is 7.10. The SMILES string of the molecule is Cc1nc2c(F)c(-c3cccc(Cl)c3Cl)c(CCC#N)cc2c2c1cc([C@@H](C)c1nc(C(N)=O)cs1)n2[C@H]1[C@H]2CN[C@@H]1C2. The molecule has 8 rings (SSSR count). The fourth-order valence-electron chi connectivity index (χ4n) is 6.90. The Morgan fingerprint density at radius 1 is 1.30 bits per heavy atom. The lowest BCUT2D eigenvalue weighted by Crippen LogP contribution is -2.39. The number of nitriles is 1. The lowest BCUT2D eigenvalue weighted by Gasteiger charge is -2.38. The maximum atomic E-state index is 16.8. The fraction of sp³-hybridized carbons (Fsp3) is 0.312. The Balaban J connectivity index is 1.54. The van der Waals surface area contributed by atoms with E-state index in [0.717, 1.165) is 34.6 Å². The second-order valence-corrected chi connectivity index (χ2v) is 13.1. The van der Waals surface area contributed by atoms with Gasteiger partial charge in [0.2, 0.25) is 0 Å². The standard InChI is InChI=1S/C32H27Cl2FN6OS/c1-14(32-40-23(13-43-32)31(37)42)24-11-19-15(2)39-28-20(30(19)41(24)29-17-10-22(29)38-12-17)9-16(5-4-8-36)25(27(28)35)18-6-3-7-21(33)26(18)34/h3,6-7,9,11,13-14,17,22,29,38H,4-5,10,12H2,1-2H3,(H2,37,42)/t14-,17-,22-,29+/m1/s1. The summed E-state index contributed by atoms with van der Waals surface area (Å²) < 4.78 is 19.2. The fourth-order valence-corrected chi connectivity index (χ4v) is 8.17. The minimum absolute atomic E-state index is 0.146. The largest absolute Gasteiger partial charge is 0.364 e. The molecule has 2 saturated heterocycles. The number of benzene rings is 2. The minimum Gasteiger partial charge on any atom is -0.364 e. The predicted molar refractivity (Wildman–Crippen MR) is 168 cm³/mol. The van der Waals surface area contributed by atoms with Crippen molar-refractivity contribution in [1.29, 1.82) is 5.26 Å². The summed E-state index contributed by atoms with van der Waals surface area (Å²) in [5.41, 5.74) is 10.1. The maximum Gasteiger partial charge on any atom is 0.268 e. The Labute approximate surface area is 261 Å². The van der Waals surface area contributed by atoms with E-state index in [2.05, 4.69) is 33.9 Å². The van der Waals surface area contributed by atoms with Gasteiger partial charge in [-0.1, -0.05) is 42.3 Å². The molecule has 43 heavy (non-hydrogen) atoms. The molecular weight excluding hydrogens is 606 g/mol. The number of primary amides is 1. The Bertz CT molecular complexity index is 2000. The Morgan fingerprint density at radius 2 is 2.12 bits per heavy atom. The van der Waals surface area contributed by atoms with Crippen LogP contribution in [0.3, 0.4) is 0 Å². The molecule has 2 aromatic carbocycles. The molecule has 1 saturated carbocycles. The van der Waals surface area contributed by atoms with Crippen LogP contribution in [0.4, 0.5) is 4.39 Å². The molecule has 218 valence electrons. The smallest absolute Gasteiger partial charge is 0.268 e. The number of halogens is 3. The highest BCUT2D eigenvalue weighted by Crippen LogP contribution is 2.50. The second kappa shape index (κ2) is 10.6. The second-order valence-electron chi connectivity index (χ2n) is 11.4. The quantitative estimate of drug-likeness (QED) is 0.195. The van der Waals surface area contributed by atoms with Crippen molar-refractivity contribution in [3.05, 3.63) is 79.2 Å². The number of nitrogens with one attached hydrogen (secondary N) is 1. The molecule has 0 unspecified atom stereocenters. The molecule has 5 aromatic rings. The number of nitrogens with two attached hydrogens (primary N) is 1. The highest BCUT2D eigenvalue weighted by Gasteiger charge is 2.49. The van der Waals surface area contributed by atoms with E-state index < -0.39 is 11.7 Å². The summed E-state index contributed by atoms with van der Waals surface area (Å²) in [6.45, 7) is 4.90. The first-order valence-corrected chi connectivity index (χ1v) is 15.8. The first-order valence-electron chi connectivity index (χ1n) is 14.2. The average Bonchev–Trinajstić information content (AvgIpc) is 3.78. The van der Waals surface area contributed by atoms with E-state index in [0.29, 0.717) is 51.2 Å². The van der Waals surface area contributed by atoms with Gasteiger partial charge in [0, 0.05) is 63.6 Å². The zero-order valence-electron chi connectivity index (χ0n) is 23.4. The van der Waals surface area contributed by atoms with Crippen LogP contribution in [-0.4, -0.2) is 33.0 Å². The molecule has 1 amide bonds. The normalized spacial score (nSPS) is 20.0. The van der Waals surface area contributed by atoms with Gasteiger partial charge in [-0.3, -0.25) is 4.79 Å². The topological polar surface area (TPSA) is 110 Å². The van der Waals surface area contributed by atoms with Crippen molar-refractivity contribution >= 4 is 62.3 Å². The van der Waals surface area contributed by atoms with Gasteiger partial charge in [0.05, 0.1) is 27.7 Å². The van der Waals surface area contributed by atoms with Crippen molar-refractivity contribution < 1.29 is 9.18 Å². The monoisotopic (exact) mass is 632 g/mol. The zero-order chi connectivity index (χ0) is 30.2. The number of carbonyl (C=O) groups excluding carboxylic acids is 1. The molecule has 7 nitrogen and oxygen atoms in total. The first kappa shape index (κ1) is 28.2. The molecule has 0 radical (unpaired) electrons. The third-order valence-corrected chi connectivity index (χ3v) is 10.9. The predicted octanol–water partition coefficient (Wildman–Crippen LogP) is 7.31. The number of aryl methyl sites for hydroxylation is 2. The first-order chi connectivity index (χ1) is 20.7. The lowest BCUT2D eigenvalue weighted by molar-refractivity contribution is 0.0996. The number of aromatic nitrogens is 3. The Kier molecular flexibility index (Phi) is 6.94. The summed E-state index contributed by atoms with van der Waals surface area (Å²) >= 11 is 14.4. The van der Waals surface area contributed by atoms with Crippen molar-refractivity contribution in [2.24, 2.45) is 11.7 Å². The molecule has 11 heteroatoms. The van der Waals surface area contributed by atoms with E-state index in [1.807, 2.05) is 13.0 Å². The van der Waals surface area contributed by atoms with E-state index in [9.17, 15) is 10.1 Å². The molecule has 3 N–H and O–H groups in total. The van der Waals surface area contributed by atoms with Gasteiger partial charge in [0.25, 0.3) is 5.91 Å². The molecule has 0 spiro atoms. The van der Waals surface area contributed by atoms with Crippen LogP contribution in [0.25, 0.3) is 32.9 Å². The van der Waals surface area contributed by atoms with Crippen molar-refractivity contribution in [2.75, 3.05) is 6.54 Å². The van der Waals surface area contributed by atoms with Gasteiger partial charge in [-0.2, -0.15) is 5.26 Å². The van der Waals surface area contributed by atoms with Crippen LogP contribution in [0.5, 0.6) is 0 Å². The van der Waals surface area contributed by atoms with Gasteiger partial charge in [-0.05, 0) is 49.4 Å². The maximum absolute atomic E-state index is 16.8. The van der Waals surface area contributed by atoms with Gasteiger partial charge in [-0.25, -0.2) is 14.4 Å². The van der Waals surface area contributed by atoms with Gasteiger partial charge in [0.1, 0.15) is 16.2 Å². The molecule has 5 heterocycles. The third-order valence-electron chi connectivity index (χ3n) is 9.02. The summed E-state index contributed by atoms with van der Waals surface area (Å²) in [7, 11) is 0. The Hall–Kier alpha value is -3.55. The van der Waals surface area contributed by atoms with Crippen LogP contribution in [0.2, 0.25) is 10.0 Å². The molecule has 2 bridgehead atoms. The van der Waals surface area contributed by atoms with Crippen LogP contribution >= 0.6 is 34.5 Å². The van der Waals surface area contributed by atoms with Gasteiger partial charge in [0.15, 0.2) is 5.82 Å². The van der Waals surface area contributed by atoms with Gasteiger partial charge < -0.3 is 15.6 Å². The number of pyridine rings is 1. The van der Waals surface area contributed by atoms with Crippen LogP contribution in [0, 0.1) is 30.0 Å². The van der Waals surface area contributed by atoms with E-state index in [1.54, 1.807) is 23.6 Å². The molecule has 3 aromatic heterocycles. The van der Waals surface area contributed by atoms with Crippen molar-refractivity contribution in [3.8, 4) is 17.2 Å². The van der Waals surface area contributed by atoms with Crippen LogP contribution < -0.4 is 11.1 Å². The number of carbonyl (C=O) groups is 1. The average molecular weight is 634 g/mol. The third kappa shape index (κ3) is 4.34. The summed E-state index contributed by atoms with van der Waals surface area (Å²) in [4.78, 5) is 21.2. The summed E-state index contributed by atoms with van der Waals surface area (Å²) in [6, 6.07) is 12.0. The molecule has 2 aliphatic heterocycles. The van der Waals surface area contributed by atoms with Crippen LogP contribution in [0.1, 0.15) is 64.2 Å². The van der Waals surface area contributed by atoms with Crippen LogP contribution in [0.15, 0.2) is 35.7 Å². The molecule has 3 aliphatic rings. The number of nitrogens with zero attached hydrogens (tertiary/aromatic N) is 4. The van der Waals surface area contributed by atoms with E-state index >= 15 is 4.39 Å². The number of fused-ring (bicyclic) bond motifs is 4. The number of hydrogen-bond donors (Lipinski definition) is 2. The van der Waals surface area contributed by atoms with Gasteiger partial charge >= 0.3 is 0 Å². The molecular formula is C32H27Cl2FN6OS. The number of amides is 1. The van der Waals surface area contributed by atoms with Crippen molar-refractivity contribution in [2.45, 2.75) is 51.1 Å².